The van der Waals surface area contributed by atoms with E-state index in [-0.39, 0.29) is 11.3 Å². The second kappa shape index (κ2) is 9.55. The highest BCUT2D eigenvalue weighted by atomic mass is 16.5. The van der Waals surface area contributed by atoms with E-state index < -0.39 is 18.0 Å². The molecule has 0 saturated carbocycles. The fourth-order valence-corrected chi connectivity index (χ4v) is 2.41. The minimum absolute atomic E-state index is 0.111. The SMILES string of the molecule is CCOc1ccc(C(=O)O[C@@H](C)C(=O)Nc2cccc(C(C)=O)c2)cc1OC. The number of ketones is 1. The van der Waals surface area contributed by atoms with Crippen molar-refractivity contribution in [1.82, 2.24) is 0 Å². The molecule has 148 valence electrons. The summed E-state index contributed by atoms with van der Waals surface area (Å²) in [6, 6.07) is 11.2. The Kier molecular flexibility index (Phi) is 7.14. The van der Waals surface area contributed by atoms with Crippen LogP contribution >= 0.6 is 0 Å². The number of amides is 1. The van der Waals surface area contributed by atoms with Crippen LogP contribution in [0.15, 0.2) is 42.5 Å². The van der Waals surface area contributed by atoms with Crippen LogP contribution in [0.2, 0.25) is 0 Å². The minimum atomic E-state index is -1.04. The number of nitrogens with one attached hydrogen (secondary N) is 1. The number of esters is 1. The summed E-state index contributed by atoms with van der Waals surface area (Å²) < 4.78 is 15.9. The Bertz CT molecular complexity index is 877. The van der Waals surface area contributed by atoms with Gasteiger partial charge in [-0.05, 0) is 51.1 Å². The van der Waals surface area contributed by atoms with Gasteiger partial charge in [0, 0.05) is 11.3 Å². The number of carbonyl (C=O) groups excluding carboxylic acids is 3. The molecule has 7 heteroatoms. The van der Waals surface area contributed by atoms with Gasteiger partial charge in [0.1, 0.15) is 0 Å². The van der Waals surface area contributed by atoms with Gasteiger partial charge in [0.05, 0.1) is 19.3 Å². The molecule has 0 aliphatic carbocycles. The van der Waals surface area contributed by atoms with Crippen molar-refractivity contribution >= 4 is 23.3 Å². The van der Waals surface area contributed by atoms with Crippen LogP contribution in [0.25, 0.3) is 0 Å². The van der Waals surface area contributed by atoms with Crippen molar-refractivity contribution < 1.29 is 28.6 Å². The van der Waals surface area contributed by atoms with Crippen molar-refractivity contribution in [1.29, 1.82) is 0 Å². The lowest BCUT2D eigenvalue weighted by Crippen LogP contribution is -2.30. The second-order valence-corrected chi connectivity index (χ2v) is 5.97. The Morgan fingerprint density at radius 1 is 1.04 bits per heavy atom. The van der Waals surface area contributed by atoms with Crippen LogP contribution in [0, 0.1) is 0 Å². The number of hydrogen-bond acceptors (Lipinski definition) is 6. The van der Waals surface area contributed by atoms with Gasteiger partial charge >= 0.3 is 5.97 Å². The average molecular weight is 385 g/mol. The third kappa shape index (κ3) is 5.33. The minimum Gasteiger partial charge on any atom is -0.493 e. The van der Waals surface area contributed by atoms with Crippen molar-refractivity contribution in [3.63, 3.8) is 0 Å². The first-order valence-electron chi connectivity index (χ1n) is 8.79. The number of Topliss-reactive ketones (excluding diaryl/α,β-unsaturated/α-hetero) is 1. The summed E-state index contributed by atoms with van der Waals surface area (Å²) in [5, 5.41) is 2.63. The third-order valence-corrected chi connectivity index (χ3v) is 3.89. The zero-order chi connectivity index (χ0) is 20.7. The van der Waals surface area contributed by atoms with E-state index in [1.54, 1.807) is 30.3 Å². The Labute approximate surface area is 163 Å². The standard InChI is InChI=1S/C21H23NO6/c1-5-27-18-10-9-16(12-19(18)26-4)21(25)28-14(3)20(24)22-17-8-6-7-15(11-17)13(2)23/h6-12,14H,5H2,1-4H3,(H,22,24)/t14-/m0/s1. The third-order valence-electron chi connectivity index (χ3n) is 3.89. The van der Waals surface area contributed by atoms with Gasteiger partial charge in [-0.15, -0.1) is 0 Å². The summed E-state index contributed by atoms with van der Waals surface area (Å²) in [4.78, 5) is 36.1. The predicted molar refractivity (Wildman–Crippen MR) is 104 cm³/mol. The molecule has 1 N–H and O–H groups in total. The smallest absolute Gasteiger partial charge is 0.339 e. The molecule has 0 spiro atoms. The maximum absolute atomic E-state index is 12.3. The topological polar surface area (TPSA) is 90.9 Å². The van der Waals surface area contributed by atoms with Gasteiger partial charge in [-0.25, -0.2) is 4.79 Å². The number of anilines is 1. The summed E-state index contributed by atoms with van der Waals surface area (Å²) in [6.45, 7) is 5.21. The van der Waals surface area contributed by atoms with Crippen molar-refractivity contribution in [2.24, 2.45) is 0 Å². The Morgan fingerprint density at radius 2 is 1.79 bits per heavy atom. The van der Waals surface area contributed by atoms with Crippen LogP contribution < -0.4 is 14.8 Å². The monoisotopic (exact) mass is 385 g/mol. The van der Waals surface area contributed by atoms with Gasteiger partial charge in [-0.2, -0.15) is 0 Å². The Morgan fingerprint density at radius 3 is 2.43 bits per heavy atom. The van der Waals surface area contributed by atoms with Crippen LogP contribution in [-0.2, 0) is 9.53 Å². The van der Waals surface area contributed by atoms with Crippen LogP contribution in [0.3, 0.4) is 0 Å². The molecule has 0 fully saturated rings. The van der Waals surface area contributed by atoms with Gasteiger partial charge in [-0.1, -0.05) is 12.1 Å². The van der Waals surface area contributed by atoms with Gasteiger partial charge in [-0.3, -0.25) is 9.59 Å². The van der Waals surface area contributed by atoms with Gasteiger partial charge in [0.15, 0.2) is 23.4 Å². The lowest BCUT2D eigenvalue weighted by molar-refractivity contribution is -0.123. The number of ether oxygens (including phenoxy) is 3. The molecule has 1 atom stereocenters. The molecule has 7 nitrogen and oxygen atoms in total. The number of methoxy groups -OCH3 is 1. The predicted octanol–water partition coefficient (Wildman–Crippen LogP) is 3.48. The van der Waals surface area contributed by atoms with Gasteiger partial charge in [0.25, 0.3) is 5.91 Å². The molecule has 0 saturated heterocycles. The molecule has 2 rings (SSSR count). The zero-order valence-electron chi connectivity index (χ0n) is 16.3. The summed E-state index contributed by atoms with van der Waals surface area (Å²) >= 11 is 0. The second-order valence-electron chi connectivity index (χ2n) is 5.97. The van der Waals surface area contributed by atoms with E-state index in [4.69, 9.17) is 14.2 Å². The summed E-state index contributed by atoms with van der Waals surface area (Å²) in [6.07, 6.45) is -1.04. The number of hydrogen-bond donors (Lipinski definition) is 1. The summed E-state index contributed by atoms with van der Waals surface area (Å²) in [5.41, 5.74) is 1.16. The molecule has 0 aromatic heterocycles. The first-order valence-corrected chi connectivity index (χ1v) is 8.79. The molecule has 0 unspecified atom stereocenters. The lowest BCUT2D eigenvalue weighted by Gasteiger charge is -2.15. The van der Waals surface area contributed by atoms with E-state index in [0.29, 0.717) is 29.4 Å². The first kappa shape index (κ1) is 21.0. The van der Waals surface area contributed by atoms with E-state index in [1.807, 2.05) is 6.92 Å². The zero-order valence-corrected chi connectivity index (χ0v) is 16.3. The number of rotatable bonds is 8. The highest BCUT2D eigenvalue weighted by Gasteiger charge is 2.20. The molecule has 0 bridgehead atoms. The molecule has 2 aromatic rings. The highest BCUT2D eigenvalue weighted by Crippen LogP contribution is 2.28. The van der Waals surface area contributed by atoms with Crippen molar-refractivity contribution in [3.8, 4) is 11.5 Å². The molecule has 0 aliphatic heterocycles. The number of carbonyl (C=O) groups is 3. The molecule has 0 radical (unpaired) electrons. The van der Waals surface area contributed by atoms with Crippen LogP contribution in [0.4, 0.5) is 5.69 Å². The molecular weight excluding hydrogens is 362 g/mol. The van der Waals surface area contributed by atoms with E-state index in [2.05, 4.69) is 5.32 Å². The van der Waals surface area contributed by atoms with Crippen LogP contribution in [0.5, 0.6) is 11.5 Å². The maximum atomic E-state index is 12.3. The van der Waals surface area contributed by atoms with E-state index in [1.165, 1.54) is 33.1 Å². The fraction of sp³-hybridized carbons (Fsp3) is 0.286. The number of benzene rings is 2. The Balaban J connectivity index is 2.04. The normalized spacial score (nSPS) is 11.3. The molecular formula is C21H23NO6. The molecule has 1 amide bonds. The molecule has 2 aromatic carbocycles. The van der Waals surface area contributed by atoms with Crippen molar-refractivity contribution in [3.05, 3.63) is 53.6 Å². The average Bonchev–Trinajstić information content (AvgIpc) is 2.68. The van der Waals surface area contributed by atoms with Gasteiger partial charge in [0.2, 0.25) is 0 Å². The van der Waals surface area contributed by atoms with Crippen LogP contribution in [0.1, 0.15) is 41.5 Å². The largest absolute Gasteiger partial charge is 0.493 e. The quantitative estimate of drug-likeness (QED) is 0.553. The van der Waals surface area contributed by atoms with Crippen molar-refractivity contribution in [2.45, 2.75) is 26.9 Å². The van der Waals surface area contributed by atoms with E-state index >= 15 is 0 Å². The highest BCUT2D eigenvalue weighted by molar-refractivity contribution is 5.99. The lowest BCUT2D eigenvalue weighted by atomic mass is 10.1. The van der Waals surface area contributed by atoms with Crippen molar-refractivity contribution in [2.75, 3.05) is 19.0 Å². The van der Waals surface area contributed by atoms with Gasteiger partial charge < -0.3 is 19.5 Å². The van der Waals surface area contributed by atoms with E-state index in [0.717, 1.165) is 0 Å². The van der Waals surface area contributed by atoms with Crippen LogP contribution in [-0.4, -0.2) is 37.5 Å². The maximum Gasteiger partial charge on any atom is 0.339 e. The summed E-state index contributed by atoms with van der Waals surface area (Å²) in [7, 11) is 1.47. The summed E-state index contributed by atoms with van der Waals surface area (Å²) in [5.74, 6) is -0.374. The molecule has 28 heavy (non-hydrogen) atoms. The Hall–Kier alpha value is -3.35. The first-order chi connectivity index (χ1) is 13.3. The molecule has 0 heterocycles. The molecule has 0 aliphatic rings. The van der Waals surface area contributed by atoms with E-state index in [9.17, 15) is 14.4 Å². The fourth-order valence-electron chi connectivity index (χ4n) is 2.41.